The first-order valence-electron chi connectivity index (χ1n) is 7.20. The summed E-state index contributed by atoms with van der Waals surface area (Å²) in [5.74, 6) is 0.0568. The molecule has 0 aromatic heterocycles. The van der Waals surface area contributed by atoms with Gasteiger partial charge in [0.1, 0.15) is 0 Å². The van der Waals surface area contributed by atoms with Crippen LogP contribution in [0.2, 0.25) is 0 Å². The van der Waals surface area contributed by atoms with Gasteiger partial charge in [-0.25, -0.2) is 0 Å². The molecule has 98 valence electrons. The number of amides is 1. The van der Waals surface area contributed by atoms with Crippen LogP contribution in [0.4, 0.5) is 0 Å². The van der Waals surface area contributed by atoms with Crippen molar-refractivity contribution >= 4 is 5.91 Å². The van der Waals surface area contributed by atoms with Gasteiger partial charge in [-0.1, -0.05) is 38.5 Å². The molecule has 2 saturated carbocycles. The predicted molar refractivity (Wildman–Crippen MR) is 67.7 cm³/mol. The van der Waals surface area contributed by atoms with Crippen molar-refractivity contribution < 1.29 is 9.90 Å². The van der Waals surface area contributed by atoms with E-state index >= 15 is 0 Å². The minimum Gasteiger partial charge on any atom is -0.389 e. The minimum absolute atomic E-state index is 0.0568. The lowest BCUT2D eigenvalue weighted by Gasteiger charge is -2.32. The first kappa shape index (κ1) is 12.9. The van der Waals surface area contributed by atoms with Crippen LogP contribution in [-0.4, -0.2) is 22.7 Å². The Balaban J connectivity index is 1.75. The second-order valence-corrected chi connectivity index (χ2v) is 5.86. The average molecular weight is 239 g/mol. The molecular formula is C14H25NO2. The zero-order valence-electron chi connectivity index (χ0n) is 10.7. The molecule has 0 aromatic carbocycles. The van der Waals surface area contributed by atoms with Crippen LogP contribution in [0.5, 0.6) is 0 Å². The zero-order chi connectivity index (χ0) is 12.1. The van der Waals surface area contributed by atoms with Gasteiger partial charge in [0.15, 0.2) is 0 Å². The highest BCUT2D eigenvalue weighted by Gasteiger charge is 2.32. The standard InChI is InChI=1S/C14H25NO2/c16-13(15-12-7-3-1-4-8-12)11-14(17)9-5-2-6-10-14/h12,17H,1-11H2,(H,15,16). The van der Waals surface area contributed by atoms with Crippen molar-refractivity contribution in [2.75, 3.05) is 0 Å². The van der Waals surface area contributed by atoms with Gasteiger partial charge in [0.25, 0.3) is 0 Å². The van der Waals surface area contributed by atoms with Crippen LogP contribution in [0.3, 0.4) is 0 Å². The number of rotatable bonds is 3. The molecule has 0 atom stereocenters. The highest BCUT2D eigenvalue weighted by Crippen LogP contribution is 2.30. The summed E-state index contributed by atoms with van der Waals surface area (Å²) in [6, 6.07) is 0.364. The Kier molecular flexibility index (Phi) is 4.43. The fraction of sp³-hybridized carbons (Fsp3) is 0.929. The molecule has 0 spiro atoms. The van der Waals surface area contributed by atoms with Gasteiger partial charge in [0.05, 0.1) is 12.0 Å². The first-order valence-corrected chi connectivity index (χ1v) is 7.20. The summed E-state index contributed by atoms with van der Waals surface area (Å²) in [5.41, 5.74) is -0.711. The van der Waals surface area contributed by atoms with Crippen molar-refractivity contribution in [2.45, 2.75) is 82.3 Å². The molecule has 2 aliphatic rings. The maximum atomic E-state index is 11.9. The van der Waals surface area contributed by atoms with Crippen LogP contribution in [0, 0.1) is 0 Å². The Morgan fingerprint density at radius 3 is 2.29 bits per heavy atom. The quantitative estimate of drug-likeness (QED) is 0.795. The summed E-state index contributed by atoms with van der Waals surface area (Å²) in [5, 5.41) is 13.4. The van der Waals surface area contributed by atoms with Gasteiger partial charge in [0.2, 0.25) is 5.91 Å². The van der Waals surface area contributed by atoms with E-state index in [9.17, 15) is 9.90 Å². The van der Waals surface area contributed by atoms with E-state index in [-0.39, 0.29) is 5.91 Å². The Morgan fingerprint density at radius 1 is 1.06 bits per heavy atom. The highest BCUT2D eigenvalue weighted by molar-refractivity contribution is 5.77. The smallest absolute Gasteiger partial charge is 0.223 e. The molecule has 1 amide bonds. The molecule has 2 aliphatic carbocycles. The first-order chi connectivity index (χ1) is 8.18. The Labute approximate surface area is 104 Å². The summed E-state index contributed by atoms with van der Waals surface area (Å²) in [4.78, 5) is 11.9. The fourth-order valence-electron chi connectivity index (χ4n) is 3.21. The fourth-order valence-corrected chi connectivity index (χ4v) is 3.21. The van der Waals surface area contributed by atoms with Crippen molar-refractivity contribution in [3.05, 3.63) is 0 Å². The van der Waals surface area contributed by atoms with Crippen LogP contribution in [0.15, 0.2) is 0 Å². The SMILES string of the molecule is O=C(CC1(O)CCCCC1)NC1CCCCC1. The second-order valence-electron chi connectivity index (χ2n) is 5.86. The normalized spacial score (nSPS) is 25.5. The third-order valence-electron chi connectivity index (χ3n) is 4.24. The summed E-state index contributed by atoms with van der Waals surface area (Å²) >= 11 is 0. The lowest BCUT2D eigenvalue weighted by Crippen LogP contribution is -2.42. The Hall–Kier alpha value is -0.570. The van der Waals surface area contributed by atoms with E-state index in [1.165, 1.54) is 25.7 Å². The summed E-state index contributed by atoms with van der Waals surface area (Å²) in [6.45, 7) is 0. The van der Waals surface area contributed by atoms with E-state index in [0.29, 0.717) is 12.5 Å². The molecule has 17 heavy (non-hydrogen) atoms. The largest absolute Gasteiger partial charge is 0.389 e. The van der Waals surface area contributed by atoms with E-state index in [1.54, 1.807) is 0 Å². The van der Waals surface area contributed by atoms with Gasteiger partial charge in [-0.3, -0.25) is 4.79 Å². The van der Waals surface area contributed by atoms with E-state index in [0.717, 1.165) is 38.5 Å². The van der Waals surface area contributed by atoms with Gasteiger partial charge in [-0.05, 0) is 25.7 Å². The molecule has 2 N–H and O–H groups in total. The molecule has 3 heteroatoms. The number of carbonyl (C=O) groups is 1. The van der Waals surface area contributed by atoms with Gasteiger partial charge >= 0.3 is 0 Å². The summed E-state index contributed by atoms with van der Waals surface area (Å²) < 4.78 is 0. The molecule has 0 bridgehead atoms. The number of aliphatic hydroxyl groups is 1. The van der Waals surface area contributed by atoms with E-state index in [4.69, 9.17) is 0 Å². The molecule has 0 unspecified atom stereocenters. The topological polar surface area (TPSA) is 49.3 Å². The van der Waals surface area contributed by atoms with Gasteiger partial charge < -0.3 is 10.4 Å². The number of carbonyl (C=O) groups excluding carboxylic acids is 1. The number of nitrogens with one attached hydrogen (secondary N) is 1. The predicted octanol–water partition coefficient (Wildman–Crippen LogP) is 2.52. The van der Waals surface area contributed by atoms with Crippen LogP contribution in [0.25, 0.3) is 0 Å². The van der Waals surface area contributed by atoms with E-state index < -0.39 is 5.60 Å². The lowest BCUT2D eigenvalue weighted by atomic mass is 9.82. The van der Waals surface area contributed by atoms with Crippen molar-refractivity contribution in [1.82, 2.24) is 5.32 Å². The minimum atomic E-state index is -0.711. The molecule has 2 rings (SSSR count). The van der Waals surface area contributed by atoms with Crippen molar-refractivity contribution in [3.8, 4) is 0 Å². The van der Waals surface area contributed by atoms with E-state index in [2.05, 4.69) is 5.32 Å². The Morgan fingerprint density at radius 2 is 1.65 bits per heavy atom. The van der Waals surface area contributed by atoms with Crippen LogP contribution in [-0.2, 0) is 4.79 Å². The van der Waals surface area contributed by atoms with E-state index in [1.807, 2.05) is 0 Å². The molecule has 0 aliphatic heterocycles. The molecule has 3 nitrogen and oxygen atoms in total. The van der Waals surface area contributed by atoms with Crippen molar-refractivity contribution in [3.63, 3.8) is 0 Å². The molecule has 0 heterocycles. The molecule has 0 saturated heterocycles. The third-order valence-corrected chi connectivity index (χ3v) is 4.24. The zero-order valence-corrected chi connectivity index (χ0v) is 10.7. The highest BCUT2D eigenvalue weighted by atomic mass is 16.3. The number of hydrogen-bond acceptors (Lipinski definition) is 2. The van der Waals surface area contributed by atoms with Gasteiger partial charge in [-0.15, -0.1) is 0 Å². The van der Waals surface area contributed by atoms with Crippen LogP contribution < -0.4 is 5.32 Å². The van der Waals surface area contributed by atoms with Crippen molar-refractivity contribution in [1.29, 1.82) is 0 Å². The molecular weight excluding hydrogens is 214 g/mol. The van der Waals surface area contributed by atoms with Gasteiger partial charge in [0, 0.05) is 6.04 Å². The molecule has 0 radical (unpaired) electrons. The summed E-state index contributed by atoms with van der Waals surface area (Å²) in [6.07, 6.45) is 11.2. The Bertz CT molecular complexity index is 253. The summed E-state index contributed by atoms with van der Waals surface area (Å²) in [7, 11) is 0. The van der Waals surface area contributed by atoms with Crippen molar-refractivity contribution in [2.24, 2.45) is 0 Å². The van der Waals surface area contributed by atoms with Crippen LogP contribution >= 0.6 is 0 Å². The molecule has 0 aromatic rings. The number of hydrogen-bond donors (Lipinski definition) is 2. The molecule has 2 fully saturated rings. The monoisotopic (exact) mass is 239 g/mol. The average Bonchev–Trinajstić information content (AvgIpc) is 2.30. The van der Waals surface area contributed by atoms with Gasteiger partial charge in [-0.2, -0.15) is 0 Å². The lowest BCUT2D eigenvalue weighted by molar-refractivity contribution is -0.128. The van der Waals surface area contributed by atoms with Crippen LogP contribution in [0.1, 0.15) is 70.6 Å². The second kappa shape index (κ2) is 5.85. The third kappa shape index (κ3) is 3.98. The maximum Gasteiger partial charge on any atom is 0.223 e. The maximum absolute atomic E-state index is 11.9.